The lowest BCUT2D eigenvalue weighted by Gasteiger charge is -2.24. The highest BCUT2D eigenvalue weighted by Gasteiger charge is 2.26. The number of benzene rings is 1. The van der Waals surface area contributed by atoms with Crippen LogP contribution in [0.5, 0.6) is 0 Å². The molecular weight excluding hydrogens is 337 g/mol. The predicted molar refractivity (Wildman–Crippen MR) is 92.8 cm³/mol. The molecule has 1 amide bonds. The summed E-state index contributed by atoms with van der Waals surface area (Å²) in [6, 6.07) is 4.22. The second-order valence-electron chi connectivity index (χ2n) is 6.47. The summed E-state index contributed by atoms with van der Waals surface area (Å²) in [6.07, 6.45) is 0.572. The van der Waals surface area contributed by atoms with Gasteiger partial charge in [0.15, 0.2) is 0 Å². The molecule has 8 nitrogen and oxygen atoms in total. The van der Waals surface area contributed by atoms with E-state index in [0.717, 1.165) is 28.5 Å². The Morgan fingerprint density at radius 3 is 3.12 bits per heavy atom. The highest BCUT2D eigenvalue weighted by atomic mass is 19.1. The molecule has 0 radical (unpaired) electrons. The Morgan fingerprint density at radius 1 is 1.42 bits per heavy atom. The van der Waals surface area contributed by atoms with E-state index >= 15 is 0 Å². The molecule has 3 aromatic rings. The average molecular weight is 357 g/mol. The summed E-state index contributed by atoms with van der Waals surface area (Å²) in [4.78, 5) is 16.9. The third-order valence-corrected chi connectivity index (χ3v) is 4.78. The first-order valence-corrected chi connectivity index (χ1v) is 8.53. The van der Waals surface area contributed by atoms with Crippen molar-refractivity contribution in [1.29, 1.82) is 0 Å². The first-order chi connectivity index (χ1) is 12.5. The fourth-order valence-electron chi connectivity index (χ4n) is 3.29. The van der Waals surface area contributed by atoms with Gasteiger partial charge in [-0.2, -0.15) is 0 Å². The summed E-state index contributed by atoms with van der Waals surface area (Å²) < 4.78 is 17.2. The zero-order valence-corrected chi connectivity index (χ0v) is 14.7. The molecule has 1 atom stereocenters. The van der Waals surface area contributed by atoms with Crippen molar-refractivity contribution in [3.63, 3.8) is 0 Å². The molecule has 2 aromatic heterocycles. The van der Waals surface area contributed by atoms with E-state index in [1.165, 1.54) is 12.1 Å². The van der Waals surface area contributed by atoms with Crippen LogP contribution in [0.3, 0.4) is 0 Å². The van der Waals surface area contributed by atoms with Crippen molar-refractivity contribution < 1.29 is 9.18 Å². The van der Waals surface area contributed by atoms with Gasteiger partial charge in [-0.3, -0.25) is 10.1 Å². The van der Waals surface area contributed by atoms with Gasteiger partial charge in [-0.15, -0.1) is 10.2 Å². The van der Waals surface area contributed by atoms with E-state index < -0.39 is 0 Å². The molecule has 3 heterocycles. The van der Waals surface area contributed by atoms with Crippen LogP contribution in [-0.2, 0) is 31.4 Å². The number of carbonyl (C=O) groups is 1. The molecule has 0 spiro atoms. The Balaban J connectivity index is 1.37. The largest absolute Gasteiger partial charge is 0.354 e. The lowest BCUT2D eigenvalue weighted by atomic mass is 10.2. The molecule has 0 aliphatic carbocycles. The van der Waals surface area contributed by atoms with Crippen LogP contribution in [0, 0.1) is 12.7 Å². The Hall–Kier alpha value is -2.81. The number of imidazole rings is 1. The van der Waals surface area contributed by atoms with Crippen LogP contribution in [-0.4, -0.2) is 42.8 Å². The second-order valence-corrected chi connectivity index (χ2v) is 6.47. The number of carbonyl (C=O) groups excluding carboxylic acids is 1. The number of hydrogen-bond acceptors (Lipinski definition) is 5. The maximum absolute atomic E-state index is 13.4. The van der Waals surface area contributed by atoms with Crippen molar-refractivity contribution in [1.82, 2.24) is 34.9 Å². The average Bonchev–Trinajstić information content (AvgIpc) is 3.15. The molecule has 9 heteroatoms. The SMILES string of the molecule is Cc1nnc2n1CC(C(=O)NCCc1nc3ccc(F)cc3n1C)NC2. The molecule has 1 aromatic carbocycles. The standard InChI is InChI=1S/C17H20FN7O/c1-10-22-23-16-8-20-13(9-25(10)16)17(26)19-6-5-15-21-12-4-3-11(18)7-14(12)24(15)2/h3-4,7,13,20H,5-6,8-9H2,1-2H3,(H,19,26). The first kappa shape index (κ1) is 16.6. The van der Waals surface area contributed by atoms with E-state index in [1.54, 1.807) is 6.07 Å². The third kappa shape index (κ3) is 2.94. The van der Waals surface area contributed by atoms with Crippen LogP contribution in [0.25, 0.3) is 11.0 Å². The third-order valence-electron chi connectivity index (χ3n) is 4.78. The molecule has 0 saturated heterocycles. The van der Waals surface area contributed by atoms with Crippen molar-refractivity contribution in [3.05, 3.63) is 41.5 Å². The van der Waals surface area contributed by atoms with Crippen molar-refractivity contribution >= 4 is 16.9 Å². The molecule has 2 N–H and O–H groups in total. The van der Waals surface area contributed by atoms with Gasteiger partial charge < -0.3 is 14.5 Å². The van der Waals surface area contributed by atoms with Crippen LogP contribution in [0.15, 0.2) is 18.2 Å². The van der Waals surface area contributed by atoms with Crippen LogP contribution >= 0.6 is 0 Å². The van der Waals surface area contributed by atoms with Gasteiger partial charge in [0.25, 0.3) is 0 Å². The van der Waals surface area contributed by atoms with E-state index in [9.17, 15) is 9.18 Å². The number of aryl methyl sites for hydroxylation is 2. The Kier molecular flexibility index (Phi) is 4.15. The summed E-state index contributed by atoms with van der Waals surface area (Å²) in [6.45, 7) is 3.39. The number of nitrogens with zero attached hydrogens (tertiary/aromatic N) is 5. The Bertz CT molecular complexity index is 977. The van der Waals surface area contributed by atoms with Gasteiger partial charge in [-0.1, -0.05) is 0 Å². The minimum atomic E-state index is -0.313. The Morgan fingerprint density at radius 2 is 2.27 bits per heavy atom. The summed E-state index contributed by atoms with van der Waals surface area (Å²) in [5.41, 5.74) is 1.50. The van der Waals surface area contributed by atoms with E-state index in [0.29, 0.717) is 26.1 Å². The molecule has 1 unspecified atom stereocenters. The smallest absolute Gasteiger partial charge is 0.239 e. The molecule has 4 rings (SSSR count). The number of rotatable bonds is 4. The summed E-state index contributed by atoms with van der Waals surface area (Å²) in [7, 11) is 1.85. The van der Waals surface area contributed by atoms with Crippen molar-refractivity contribution in [2.24, 2.45) is 7.05 Å². The molecule has 1 aliphatic rings. The summed E-state index contributed by atoms with van der Waals surface area (Å²) in [5, 5.41) is 14.2. The van der Waals surface area contributed by atoms with Crippen molar-refractivity contribution in [2.75, 3.05) is 6.54 Å². The van der Waals surface area contributed by atoms with Gasteiger partial charge in [0, 0.05) is 26.6 Å². The second kappa shape index (κ2) is 6.49. The lowest BCUT2D eigenvalue weighted by Crippen LogP contribution is -2.50. The summed E-state index contributed by atoms with van der Waals surface area (Å²) >= 11 is 0. The van der Waals surface area contributed by atoms with Crippen molar-refractivity contribution in [3.8, 4) is 0 Å². The van der Waals surface area contributed by atoms with Crippen LogP contribution in [0.2, 0.25) is 0 Å². The maximum Gasteiger partial charge on any atom is 0.239 e. The quantitative estimate of drug-likeness (QED) is 0.707. The van der Waals surface area contributed by atoms with Gasteiger partial charge in [0.05, 0.1) is 17.6 Å². The first-order valence-electron chi connectivity index (χ1n) is 8.53. The fraction of sp³-hybridized carbons (Fsp3) is 0.412. The van der Waals surface area contributed by atoms with E-state index in [1.807, 2.05) is 23.1 Å². The molecule has 26 heavy (non-hydrogen) atoms. The molecule has 136 valence electrons. The van der Waals surface area contributed by atoms with Gasteiger partial charge in [-0.05, 0) is 25.1 Å². The van der Waals surface area contributed by atoms with Crippen LogP contribution < -0.4 is 10.6 Å². The van der Waals surface area contributed by atoms with E-state index in [4.69, 9.17) is 0 Å². The highest BCUT2D eigenvalue weighted by Crippen LogP contribution is 2.16. The Labute approximate surface area is 149 Å². The zero-order chi connectivity index (χ0) is 18.3. The fourth-order valence-corrected chi connectivity index (χ4v) is 3.29. The van der Waals surface area contributed by atoms with Crippen molar-refractivity contribution in [2.45, 2.75) is 32.5 Å². The summed E-state index contributed by atoms with van der Waals surface area (Å²) in [5.74, 6) is 2.12. The number of aromatic nitrogens is 5. The molecule has 1 aliphatic heterocycles. The normalized spacial score (nSPS) is 16.7. The topological polar surface area (TPSA) is 89.7 Å². The van der Waals surface area contributed by atoms with Gasteiger partial charge in [0.1, 0.15) is 29.3 Å². The lowest BCUT2D eigenvalue weighted by molar-refractivity contribution is -0.123. The molecule has 0 fully saturated rings. The predicted octanol–water partition coefficient (Wildman–Crippen LogP) is 0.443. The van der Waals surface area contributed by atoms with Gasteiger partial charge in [-0.25, -0.2) is 9.37 Å². The minimum absolute atomic E-state index is 0.0615. The highest BCUT2D eigenvalue weighted by molar-refractivity contribution is 5.81. The minimum Gasteiger partial charge on any atom is -0.354 e. The number of halogens is 1. The number of nitrogens with one attached hydrogen (secondary N) is 2. The van der Waals surface area contributed by atoms with Gasteiger partial charge >= 0.3 is 0 Å². The zero-order valence-electron chi connectivity index (χ0n) is 14.7. The monoisotopic (exact) mass is 357 g/mol. The molecular formula is C17H20FN7O. The van der Waals surface area contributed by atoms with E-state index in [-0.39, 0.29) is 17.8 Å². The number of hydrogen-bond donors (Lipinski definition) is 2. The van der Waals surface area contributed by atoms with Crippen LogP contribution in [0.1, 0.15) is 17.5 Å². The number of amides is 1. The maximum atomic E-state index is 13.4. The molecule has 0 bridgehead atoms. The number of fused-ring (bicyclic) bond motifs is 2. The van der Waals surface area contributed by atoms with Gasteiger partial charge in [0.2, 0.25) is 5.91 Å². The van der Waals surface area contributed by atoms with E-state index in [2.05, 4.69) is 25.8 Å². The molecule has 0 saturated carbocycles. The van der Waals surface area contributed by atoms with Crippen LogP contribution in [0.4, 0.5) is 4.39 Å².